The first-order chi connectivity index (χ1) is 12.5. The lowest BCUT2D eigenvalue weighted by Crippen LogP contribution is -2.45. The van der Waals surface area contributed by atoms with Crippen molar-refractivity contribution >= 4 is 11.8 Å². The number of amides is 2. The Balaban J connectivity index is 1.71. The van der Waals surface area contributed by atoms with E-state index in [9.17, 15) is 9.59 Å². The Kier molecular flexibility index (Phi) is 5.39. The molecule has 1 N–H and O–H groups in total. The van der Waals surface area contributed by atoms with Crippen LogP contribution in [0.2, 0.25) is 0 Å². The topological polar surface area (TPSA) is 93.3 Å². The van der Waals surface area contributed by atoms with Gasteiger partial charge in [-0.2, -0.15) is 0 Å². The Morgan fingerprint density at radius 2 is 2.19 bits per heavy atom. The summed E-state index contributed by atoms with van der Waals surface area (Å²) in [4.78, 5) is 31.5. The second-order valence-corrected chi connectivity index (χ2v) is 6.74. The summed E-state index contributed by atoms with van der Waals surface area (Å²) >= 11 is 0. The van der Waals surface area contributed by atoms with E-state index in [1.807, 2.05) is 25.8 Å². The molecular formula is C18H25N5O3. The van der Waals surface area contributed by atoms with Crippen molar-refractivity contribution in [3.63, 3.8) is 0 Å². The zero-order chi connectivity index (χ0) is 18.7. The fourth-order valence-electron chi connectivity index (χ4n) is 3.41. The Bertz CT molecular complexity index is 775. The zero-order valence-corrected chi connectivity index (χ0v) is 15.5. The molecule has 0 unspecified atom stereocenters. The number of imidazole rings is 1. The van der Waals surface area contributed by atoms with Gasteiger partial charge in [0.1, 0.15) is 17.5 Å². The van der Waals surface area contributed by atoms with Crippen LogP contribution in [0.15, 0.2) is 17.1 Å². The van der Waals surface area contributed by atoms with Gasteiger partial charge in [-0.3, -0.25) is 9.59 Å². The molecule has 8 heteroatoms. The first kappa shape index (κ1) is 18.2. The number of carbonyl (C=O) groups excluding carboxylic acids is 2. The van der Waals surface area contributed by atoms with Gasteiger partial charge in [0, 0.05) is 26.2 Å². The predicted octanol–water partition coefficient (Wildman–Crippen LogP) is 1.70. The molecule has 1 fully saturated rings. The first-order valence-electron chi connectivity index (χ1n) is 9.02. The predicted molar refractivity (Wildman–Crippen MR) is 94.8 cm³/mol. The lowest BCUT2D eigenvalue weighted by atomic mass is 10.1. The highest BCUT2D eigenvalue weighted by atomic mass is 16.5. The van der Waals surface area contributed by atoms with Gasteiger partial charge in [-0.05, 0) is 32.6 Å². The number of nitrogens with zero attached hydrogens (tertiary/aromatic N) is 4. The van der Waals surface area contributed by atoms with E-state index in [1.165, 1.54) is 6.26 Å². The maximum atomic E-state index is 12.9. The molecule has 8 nitrogen and oxygen atoms in total. The molecule has 1 saturated heterocycles. The minimum atomic E-state index is -0.195. The fourth-order valence-corrected chi connectivity index (χ4v) is 3.41. The molecular weight excluding hydrogens is 334 g/mol. The average molecular weight is 359 g/mol. The number of nitrogens with one attached hydrogen (secondary N) is 1. The second-order valence-electron chi connectivity index (χ2n) is 6.74. The molecule has 0 spiro atoms. The van der Waals surface area contributed by atoms with Crippen LogP contribution in [0.3, 0.4) is 0 Å². The van der Waals surface area contributed by atoms with Crippen LogP contribution in [0.5, 0.6) is 0 Å². The Hall–Kier alpha value is -2.64. The van der Waals surface area contributed by atoms with Crippen molar-refractivity contribution in [3.05, 3.63) is 35.2 Å². The maximum Gasteiger partial charge on any atom is 0.272 e. The number of aromatic nitrogens is 3. The van der Waals surface area contributed by atoms with E-state index in [0.717, 1.165) is 25.0 Å². The van der Waals surface area contributed by atoms with Gasteiger partial charge in [-0.1, -0.05) is 12.1 Å². The Morgan fingerprint density at radius 3 is 2.88 bits per heavy atom. The summed E-state index contributed by atoms with van der Waals surface area (Å²) in [7, 11) is 1.82. The van der Waals surface area contributed by atoms with Crippen molar-refractivity contribution in [3.8, 4) is 0 Å². The van der Waals surface area contributed by atoms with Gasteiger partial charge in [0.25, 0.3) is 11.8 Å². The molecule has 0 aromatic carbocycles. The zero-order valence-electron chi connectivity index (χ0n) is 15.5. The molecule has 0 saturated carbocycles. The highest BCUT2D eigenvalue weighted by Gasteiger charge is 2.27. The SMILES string of the molecule is CCc1nocc1C(=O)N[C@H]1CCCCN(C(=O)c2c(C)ncn2C)C1. The molecule has 3 rings (SSSR count). The minimum Gasteiger partial charge on any atom is -0.364 e. The van der Waals surface area contributed by atoms with Crippen LogP contribution in [0.1, 0.15) is 58.4 Å². The van der Waals surface area contributed by atoms with Crippen LogP contribution in [0.25, 0.3) is 0 Å². The summed E-state index contributed by atoms with van der Waals surface area (Å²) in [5.41, 5.74) is 2.44. The van der Waals surface area contributed by atoms with Crippen LogP contribution in [-0.4, -0.2) is 50.6 Å². The van der Waals surface area contributed by atoms with E-state index in [-0.39, 0.29) is 17.9 Å². The maximum absolute atomic E-state index is 12.9. The number of likely N-dealkylation sites (tertiary alicyclic amines) is 1. The summed E-state index contributed by atoms with van der Waals surface area (Å²) in [5, 5.41) is 6.89. The molecule has 2 amide bonds. The number of carbonyl (C=O) groups is 2. The molecule has 0 radical (unpaired) electrons. The van der Waals surface area contributed by atoms with Crippen molar-refractivity contribution < 1.29 is 14.1 Å². The normalized spacial score (nSPS) is 17.8. The highest BCUT2D eigenvalue weighted by molar-refractivity contribution is 5.95. The molecule has 0 aliphatic carbocycles. The first-order valence-corrected chi connectivity index (χ1v) is 9.02. The van der Waals surface area contributed by atoms with Crippen LogP contribution in [-0.2, 0) is 13.5 Å². The molecule has 1 aliphatic rings. The van der Waals surface area contributed by atoms with Gasteiger partial charge in [0.05, 0.1) is 17.7 Å². The standard InChI is InChI=1S/C18H25N5O3/c1-4-15-14(10-26-21-15)17(24)20-13-7-5-6-8-23(9-13)18(25)16-12(2)19-11-22(16)3/h10-11,13H,4-9H2,1-3H3,(H,20,24)/t13-/m0/s1. The van der Waals surface area contributed by atoms with Gasteiger partial charge < -0.3 is 19.3 Å². The lowest BCUT2D eigenvalue weighted by molar-refractivity contribution is 0.0727. The van der Waals surface area contributed by atoms with Crippen molar-refractivity contribution in [2.24, 2.45) is 7.05 Å². The summed E-state index contributed by atoms with van der Waals surface area (Å²) in [5.74, 6) is -0.234. The van der Waals surface area contributed by atoms with Crippen molar-refractivity contribution in [1.82, 2.24) is 24.9 Å². The van der Waals surface area contributed by atoms with Crippen LogP contribution in [0.4, 0.5) is 0 Å². The third-order valence-electron chi connectivity index (χ3n) is 4.84. The number of aryl methyl sites for hydroxylation is 3. The summed E-state index contributed by atoms with van der Waals surface area (Å²) in [6.07, 6.45) is 6.39. The van der Waals surface area contributed by atoms with Gasteiger partial charge in [0.15, 0.2) is 0 Å². The highest BCUT2D eigenvalue weighted by Crippen LogP contribution is 2.16. The Morgan fingerprint density at radius 1 is 1.38 bits per heavy atom. The van der Waals surface area contributed by atoms with Crippen molar-refractivity contribution in [1.29, 1.82) is 0 Å². The molecule has 2 aromatic rings. The Labute approximate surface area is 152 Å². The molecule has 1 aliphatic heterocycles. The molecule has 140 valence electrons. The van der Waals surface area contributed by atoms with E-state index >= 15 is 0 Å². The third kappa shape index (κ3) is 3.63. The monoisotopic (exact) mass is 359 g/mol. The van der Waals surface area contributed by atoms with Crippen molar-refractivity contribution in [2.75, 3.05) is 13.1 Å². The van der Waals surface area contributed by atoms with E-state index < -0.39 is 0 Å². The lowest BCUT2D eigenvalue weighted by Gasteiger charge is -2.25. The molecule has 3 heterocycles. The third-order valence-corrected chi connectivity index (χ3v) is 4.84. The van der Waals surface area contributed by atoms with Gasteiger partial charge in [0.2, 0.25) is 0 Å². The van der Waals surface area contributed by atoms with Gasteiger partial charge in [-0.25, -0.2) is 4.98 Å². The van der Waals surface area contributed by atoms with Gasteiger partial charge in [-0.15, -0.1) is 0 Å². The summed E-state index contributed by atoms with van der Waals surface area (Å²) in [6, 6.07) is -0.0953. The van der Waals surface area contributed by atoms with Crippen LogP contribution in [0, 0.1) is 6.92 Å². The summed E-state index contributed by atoms with van der Waals surface area (Å²) in [6.45, 7) is 4.94. The molecule has 0 bridgehead atoms. The van der Waals surface area contributed by atoms with Crippen molar-refractivity contribution in [2.45, 2.75) is 45.6 Å². The summed E-state index contributed by atoms with van der Waals surface area (Å²) < 4.78 is 6.67. The number of hydrogen-bond acceptors (Lipinski definition) is 5. The van der Waals surface area contributed by atoms with Crippen LogP contribution >= 0.6 is 0 Å². The van der Waals surface area contributed by atoms with E-state index in [1.54, 1.807) is 10.9 Å². The minimum absolute atomic E-state index is 0.0390. The number of hydrogen-bond donors (Lipinski definition) is 1. The quantitative estimate of drug-likeness (QED) is 0.897. The van der Waals surface area contributed by atoms with E-state index in [0.29, 0.717) is 36.5 Å². The fraction of sp³-hybridized carbons (Fsp3) is 0.556. The molecule has 2 aromatic heterocycles. The second kappa shape index (κ2) is 7.72. The molecule has 26 heavy (non-hydrogen) atoms. The number of rotatable bonds is 4. The van der Waals surface area contributed by atoms with E-state index in [4.69, 9.17) is 4.52 Å². The smallest absolute Gasteiger partial charge is 0.272 e. The average Bonchev–Trinajstić information content (AvgIpc) is 3.15. The van der Waals surface area contributed by atoms with Crippen LogP contribution < -0.4 is 5.32 Å². The van der Waals surface area contributed by atoms with E-state index in [2.05, 4.69) is 15.5 Å². The molecule has 1 atom stereocenters. The largest absolute Gasteiger partial charge is 0.364 e. The van der Waals surface area contributed by atoms with Gasteiger partial charge >= 0.3 is 0 Å².